The van der Waals surface area contributed by atoms with Gasteiger partial charge in [0.2, 0.25) is 5.91 Å². The third-order valence-electron chi connectivity index (χ3n) is 2.16. The summed E-state index contributed by atoms with van der Waals surface area (Å²) in [5.41, 5.74) is 0. The van der Waals surface area contributed by atoms with Crippen molar-refractivity contribution in [2.45, 2.75) is 46.0 Å². The number of unbranched alkanes of at least 4 members (excludes halogenated alkanes) is 2. The van der Waals surface area contributed by atoms with Gasteiger partial charge in [-0.25, -0.2) is 0 Å². The first kappa shape index (κ1) is 13.9. The van der Waals surface area contributed by atoms with E-state index < -0.39 is 5.97 Å². The average Bonchev–Trinajstić information content (AvgIpc) is 2.10. The molecule has 0 aromatic heterocycles. The molecule has 0 rings (SSSR count). The minimum Gasteiger partial charge on any atom is -0.481 e. The summed E-state index contributed by atoms with van der Waals surface area (Å²) >= 11 is 0. The Balaban J connectivity index is 3.51. The molecule has 0 aliphatic heterocycles. The number of nitrogens with one attached hydrogen (secondary N) is 1. The Kier molecular flexibility index (Phi) is 7.68. The van der Waals surface area contributed by atoms with Crippen molar-refractivity contribution >= 4 is 11.9 Å². The van der Waals surface area contributed by atoms with E-state index in [0.29, 0.717) is 13.0 Å². The van der Waals surface area contributed by atoms with Crippen LogP contribution in [-0.4, -0.2) is 23.5 Å². The summed E-state index contributed by atoms with van der Waals surface area (Å²) in [5, 5.41) is 11.3. The minimum absolute atomic E-state index is 0.0418. The zero-order valence-electron chi connectivity index (χ0n) is 9.58. The average molecular weight is 215 g/mol. The van der Waals surface area contributed by atoms with Crippen molar-refractivity contribution in [3.63, 3.8) is 0 Å². The lowest BCUT2D eigenvalue weighted by Gasteiger charge is -2.08. The number of amides is 1. The molecule has 1 unspecified atom stereocenters. The lowest BCUT2D eigenvalue weighted by atomic mass is 10.0. The van der Waals surface area contributed by atoms with Crippen LogP contribution in [0.3, 0.4) is 0 Å². The monoisotopic (exact) mass is 215 g/mol. The van der Waals surface area contributed by atoms with E-state index in [2.05, 4.69) is 12.2 Å². The molecule has 0 bridgehead atoms. The van der Waals surface area contributed by atoms with Gasteiger partial charge >= 0.3 is 5.97 Å². The van der Waals surface area contributed by atoms with Gasteiger partial charge in [-0.05, 0) is 12.3 Å². The Labute approximate surface area is 91.1 Å². The fourth-order valence-electron chi connectivity index (χ4n) is 1.36. The summed E-state index contributed by atoms with van der Waals surface area (Å²) in [5.74, 6) is -0.977. The topological polar surface area (TPSA) is 66.4 Å². The zero-order valence-corrected chi connectivity index (χ0v) is 9.58. The quantitative estimate of drug-likeness (QED) is 0.607. The first-order valence-electron chi connectivity index (χ1n) is 5.54. The summed E-state index contributed by atoms with van der Waals surface area (Å²) in [6.45, 7) is 4.59. The fourth-order valence-corrected chi connectivity index (χ4v) is 1.36. The predicted molar refractivity (Wildman–Crippen MR) is 58.6 cm³/mol. The summed E-state index contributed by atoms with van der Waals surface area (Å²) in [4.78, 5) is 21.7. The van der Waals surface area contributed by atoms with E-state index in [1.54, 1.807) is 6.92 Å². The fraction of sp³-hybridized carbons (Fsp3) is 0.818. The Morgan fingerprint density at radius 1 is 1.27 bits per heavy atom. The summed E-state index contributed by atoms with van der Waals surface area (Å²) in [6.07, 6.45) is 3.60. The summed E-state index contributed by atoms with van der Waals surface area (Å²) in [7, 11) is 0. The number of carbonyl (C=O) groups excluding carboxylic acids is 1. The lowest BCUT2D eigenvalue weighted by Crippen LogP contribution is -2.26. The molecule has 0 saturated carbocycles. The number of rotatable bonds is 8. The van der Waals surface area contributed by atoms with Crippen LogP contribution in [0.15, 0.2) is 0 Å². The minimum atomic E-state index is -0.846. The summed E-state index contributed by atoms with van der Waals surface area (Å²) in [6, 6.07) is 0. The zero-order chi connectivity index (χ0) is 11.7. The number of carboxylic acids is 1. The van der Waals surface area contributed by atoms with Gasteiger partial charge in [0.25, 0.3) is 0 Å². The van der Waals surface area contributed by atoms with E-state index in [-0.39, 0.29) is 18.2 Å². The molecular formula is C11H21NO3. The van der Waals surface area contributed by atoms with Crippen LogP contribution < -0.4 is 5.32 Å². The van der Waals surface area contributed by atoms with E-state index in [9.17, 15) is 9.59 Å². The molecule has 0 aliphatic carbocycles. The van der Waals surface area contributed by atoms with E-state index in [1.165, 1.54) is 0 Å². The predicted octanol–water partition coefficient (Wildman–Crippen LogP) is 1.79. The van der Waals surface area contributed by atoms with E-state index in [4.69, 9.17) is 5.11 Å². The molecule has 88 valence electrons. The van der Waals surface area contributed by atoms with Crippen molar-refractivity contribution in [3.8, 4) is 0 Å². The molecule has 0 spiro atoms. The second kappa shape index (κ2) is 8.26. The third kappa shape index (κ3) is 9.25. The highest BCUT2D eigenvalue weighted by Gasteiger charge is 2.11. The molecule has 0 aromatic carbocycles. The van der Waals surface area contributed by atoms with Gasteiger partial charge in [0.15, 0.2) is 0 Å². The maximum Gasteiger partial charge on any atom is 0.303 e. The van der Waals surface area contributed by atoms with Gasteiger partial charge in [-0.1, -0.05) is 26.7 Å². The third-order valence-corrected chi connectivity index (χ3v) is 2.16. The molecule has 15 heavy (non-hydrogen) atoms. The Hall–Kier alpha value is -1.06. The van der Waals surface area contributed by atoms with Gasteiger partial charge in [-0.3, -0.25) is 9.59 Å². The molecule has 0 radical (unpaired) electrons. The SMILES string of the molecule is CCCCCNC(=O)CC(C)CC(=O)O. The highest BCUT2D eigenvalue weighted by Crippen LogP contribution is 2.06. The van der Waals surface area contributed by atoms with Crippen molar-refractivity contribution < 1.29 is 14.7 Å². The van der Waals surface area contributed by atoms with Gasteiger partial charge < -0.3 is 10.4 Å². The van der Waals surface area contributed by atoms with Crippen molar-refractivity contribution in [1.82, 2.24) is 5.32 Å². The van der Waals surface area contributed by atoms with Crippen LogP contribution in [0.5, 0.6) is 0 Å². The Morgan fingerprint density at radius 3 is 2.47 bits per heavy atom. The molecule has 4 heteroatoms. The maximum atomic E-state index is 11.3. The molecule has 0 heterocycles. The maximum absolute atomic E-state index is 11.3. The van der Waals surface area contributed by atoms with Crippen LogP contribution in [0.2, 0.25) is 0 Å². The molecule has 0 aliphatic rings. The molecule has 0 saturated heterocycles. The molecule has 2 N–H and O–H groups in total. The van der Waals surface area contributed by atoms with Crippen LogP contribution in [0, 0.1) is 5.92 Å². The van der Waals surface area contributed by atoms with E-state index >= 15 is 0 Å². The lowest BCUT2D eigenvalue weighted by molar-refractivity contribution is -0.138. The number of carbonyl (C=O) groups is 2. The highest BCUT2D eigenvalue weighted by atomic mass is 16.4. The summed E-state index contributed by atoms with van der Waals surface area (Å²) < 4.78 is 0. The first-order chi connectivity index (χ1) is 7.06. The van der Waals surface area contributed by atoms with Crippen molar-refractivity contribution in [2.24, 2.45) is 5.92 Å². The van der Waals surface area contributed by atoms with Crippen LogP contribution in [0.4, 0.5) is 0 Å². The van der Waals surface area contributed by atoms with Gasteiger partial charge in [-0.2, -0.15) is 0 Å². The second-order valence-electron chi connectivity index (χ2n) is 3.96. The number of aliphatic carboxylic acids is 1. The van der Waals surface area contributed by atoms with Gasteiger partial charge in [0.05, 0.1) is 0 Å². The number of hydrogen-bond acceptors (Lipinski definition) is 2. The standard InChI is InChI=1S/C11H21NO3/c1-3-4-5-6-12-10(13)7-9(2)8-11(14)15/h9H,3-8H2,1-2H3,(H,12,13)(H,14,15). The van der Waals surface area contributed by atoms with Crippen molar-refractivity contribution in [2.75, 3.05) is 6.54 Å². The first-order valence-corrected chi connectivity index (χ1v) is 5.54. The van der Waals surface area contributed by atoms with E-state index in [1.807, 2.05) is 0 Å². The Bertz CT molecular complexity index is 204. The van der Waals surface area contributed by atoms with Crippen molar-refractivity contribution in [3.05, 3.63) is 0 Å². The smallest absolute Gasteiger partial charge is 0.303 e. The van der Waals surface area contributed by atoms with Crippen molar-refractivity contribution in [1.29, 1.82) is 0 Å². The van der Waals surface area contributed by atoms with Gasteiger partial charge in [-0.15, -0.1) is 0 Å². The molecular weight excluding hydrogens is 194 g/mol. The second-order valence-corrected chi connectivity index (χ2v) is 3.96. The van der Waals surface area contributed by atoms with Crippen LogP contribution in [-0.2, 0) is 9.59 Å². The molecule has 1 amide bonds. The van der Waals surface area contributed by atoms with Crippen LogP contribution in [0.1, 0.15) is 46.0 Å². The highest BCUT2D eigenvalue weighted by molar-refractivity contribution is 5.77. The van der Waals surface area contributed by atoms with Gasteiger partial charge in [0.1, 0.15) is 0 Å². The molecule has 1 atom stereocenters. The normalized spacial score (nSPS) is 12.1. The largest absolute Gasteiger partial charge is 0.481 e. The van der Waals surface area contributed by atoms with Crippen LogP contribution in [0.25, 0.3) is 0 Å². The number of hydrogen-bond donors (Lipinski definition) is 2. The number of carboxylic acid groups (broad SMARTS) is 1. The molecule has 0 aromatic rings. The van der Waals surface area contributed by atoms with Crippen LogP contribution >= 0.6 is 0 Å². The molecule has 4 nitrogen and oxygen atoms in total. The van der Waals surface area contributed by atoms with Gasteiger partial charge in [0, 0.05) is 19.4 Å². The Morgan fingerprint density at radius 2 is 1.93 bits per heavy atom. The van der Waals surface area contributed by atoms with E-state index in [0.717, 1.165) is 19.3 Å². The molecule has 0 fully saturated rings.